The van der Waals surface area contributed by atoms with Gasteiger partial charge in [0.1, 0.15) is 31.1 Å². The first-order valence-corrected chi connectivity index (χ1v) is 14.6. The van der Waals surface area contributed by atoms with Gasteiger partial charge >= 0.3 is 0 Å². The molecule has 7 rings (SSSR count). The van der Waals surface area contributed by atoms with Crippen LogP contribution >= 0.6 is 0 Å². The van der Waals surface area contributed by atoms with E-state index in [0.29, 0.717) is 0 Å². The molecule has 0 fully saturated rings. The van der Waals surface area contributed by atoms with Crippen LogP contribution in [0.15, 0.2) is 121 Å². The smallest absolute Gasteiger partial charge is 0.260 e. The number of hydrogen-bond donors (Lipinski definition) is 0. The molecule has 0 radical (unpaired) electrons. The first kappa shape index (κ1) is 20.4. The van der Waals surface area contributed by atoms with Gasteiger partial charge < -0.3 is 9.47 Å². The van der Waals surface area contributed by atoms with Gasteiger partial charge in [0.2, 0.25) is 0 Å². The van der Waals surface area contributed by atoms with Gasteiger partial charge in [0.15, 0.2) is 0 Å². The number of benzene rings is 5. The van der Waals surface area contributed by atoms with Crippen molar-refractivity contribution in [3.63, 3.8) is 0 Å². The zero-order valence-electron chi connectivity index (χ0n) is 19.4. The number of fused-ring (bicyclic) bond motifs is 4. The van der Waals surface area contributed by atoms with Crippen molar-refractivity contribution in [2.75, 3.05) is 0 Å². The molecule has 4 heteroatoms. The summed E-state index contributed by atoms with van der Waals surface area (Å²) in [6.45, 7) is 2.53. The standard InChI is InChI=1S/C31H23BO2Si/c1-35(22-12-4-2-5-13-22,23-14-6-3-7-15-23)24-20-29-31-30(21-24)34-28-19-11-9-17-26(28)32(31)25-16-8-10-18-27(25)33-29/h2-21H,1H3. The lowest BCUT2D eigenvalue weighted by Gasteiger charge is -2.36. The second-order valence-electron chi connectivity index (χ2n) is 9.46. The lowest BCUT2D eigenvalue weighted by atomic mass is 9.35. The van der Waals surface area contributed by atoms with E-state index in [2.05, 4.69) is 116 Å². The summed E-state index contributed by atoms with van der Waals surface area (Å²) in [5.74, 6) is 3.66. The van der Waals surface area contributed by atoms with E-state index in [0.717, 1.165) is 28.5 Å². The predicted molar refractivity (Wildman–Crippen MR) is 148 cm³/mol. The van der Waals surface area contributed by atoms with E-state index in [4.69, 9.17) is 9.47 Å². The molecule has 0 aromatic heterocycles. The second-order valence-corrected chi connectivity index (χ2v) is 13.4. The van der Waals surface area contributed by atoms with Crippen molar-refractivity contribution in [2.24, 2.45) is 0 Å². The minimum atomic E-state index is -2.33. The van der Waals surface area contributed by atoms with E-state index in [1.165, 1.54) is 26.5 Å². The molecule has 2 aliphatic rings. The van der Waals surface area contributed by atoms with Gasteiger partial charge in [0.05, 0.1) is 0 Å². The fourth-order valence-corrected chi connectivity index (χ4v) is 9.28. The maximum Gasteiger partial charge on any atom is 0.260 e. The highest BCUT2D eigenvalue weighted by Gasteiger charge is 2.42. The number of hydrogen-bond acceptors (Lipinski definition) is 2. The summed E-state index contributed by atoms with van der Waals surface area (Å²) in [5, 5.41) is 4.01. The first-order chi connectivity index (χ1) is 17.2. The fourth-order valence-electron chi connectivity index (χ4n) is 5.73. The van der Waals surface area contributed by atoms with Gasteiger partial charge in [-0.15, -0.1) is 0 Å². The average Bonchev–Trinajstić information content (AvgIpc) is 2.93. The van der Waals surface area contributed by atoms with Gasteiger partial charge in [-0.25, -0.2) is 0 Å². The monoisotopic (exact) mass is 466 g/mol. The Labute approximate surface area is 206 Å². The van der Waals surface area contributed by atoms with Crippen molar-refractivity contribution in [3.05, 3.63) is 121 Å². The summed E-state index contributed by atoms with van der Waals surface area (Å²) >= 11 is 0. The molecule has 0 spiro atoms. The van der Waals surface area contributed by atoms with Crippen molar-refractivity contribution in [2.45, 2.75) is 6.55 Å². The maximum atomic E-state index is 6.59. The van der Waals surface area contributed by atoms with Crippen LogP contribution in [0.1, 0.15) is 0 Å². The van der Waals surface area contributed by atoms with Crippen molar-refractivity contribution >= 4 is 46.7 Å². The summed E-state index contributed by atoms with van der Waals surface area (Å²) in [6.07, 6.45) is 0. The van der Waals surface area contributed by atoms with Crippen LogP contribution in [0.4, 0.5) is 0 Å². The van der Waals surface area contributed by atoms with Crippen LogP contribution in [0.5, 0.6) is 23.0 Å². The van der Waals surface area contributed by atoms with Crippen LogP contribution < -0.4 is 41.4 Å². The molecule has 166 valence electrons. The normalized spacial score (nSPS) is 13.1. The third-order valence-electron chi connectivity index (χ3n) is 7.57. The van der Waals surface area contributed by atoms with Gasteiger partial charge in [-0.1, -0.05) is 104 Å². The fraction of sp³-hybridized carbons (Fsp3) is 0.0323. The van der Waals surface area contributed by atoms with E-state index >= 15 is 0 Å². The van der Waals surface area contributed by atoms with Crippen LogP contribution in [0.25, 0.3) is 0 Å². The molecule has 5 aromatic rings. The molecule has 0 atom stereocenters. The van der Waals surface area contributed by atoms with Crippen LogP contribution in [0.2, 0.25) is 6.55 Å². The average molecular weight is 466 g/mol. The highest BCUT2D eigenvalue weighted by Crippen LogP contribution is 2.34. The molecule has 0 unspecified atom stereocenters. The van der Waals surface area contributed by atoms with Crippen LogP contribution in [0.3, 0.4) is 0 Å². The number of ether oxygens (including phenoxy) is 2. The third-order valence-corrected chi connectivity index (χ3v) is 12.0. The van der Waals surface area contributed by atoms with E-state index in [9.17, 15) is 0 Å². The summed E-state index contributed by atoms with van der Waals surface area (Å²) in [6, 6.07) is 43.1. The molecule has 2 nitrogen and oxygen atoms in total. The molecule has 5 aromatic carbocycles. The van der Waals surface area contributed by atoms with Crippen molar-refractivity contribution < 1.29 is 9.47 Å². The Balaban J connectivity index is 1.50. The lowest BCUT2D eigenvalue weighted by Crippen LogP contribution is -2.65. The lowest BCUT2D eigenvalue weighted by molar-refractivity contribution is 0.465. The zero-order valence-corrected chi connectivity index (χ0v) is 20.4. The van der Waals surface area contributed by atoms with Crippen molar-refractivity contribution in [1.82, 2.24) is 0 Å². The molecule has 35 heavy (non-hydrogen) atoms. The molecule has 0 bridgehead atoms. The Kier molecular flexibility index (Phi) is 4.51. The summed E-state index contributed by atoms with van der Waals surface area (Å²) in [4.78, 5) is 0. The van der Waals surface area contributed by atoms with Crippen LogP contribution in [-0.4, -0.2) is 14.8 Å². The topological polar surface area (TPSA) is 18.5 Å². The zero-order chi connectivity index (χ0) is 23.4. The van der Waals surface area contributed by atoms with Gasteiger partial charge in [-0.3, -0.25) is 0 Å². The summed E-state index contributed by atoms with van der Waals surface area (Å²) < 4.78 is 13.2. The van der Waals surface area contributed by atoms with Gasteiger partial charge in [-0.05, 0) is 50.8 Å². The molecule has 0 saturated carbocycles. The Hall–Kier alpha value is -4.02. The Morgan fingerprint density at radius 3 is 1.40 bits per heavy atom. The van der Waals surface area contributed by atoms with Crippen molar-refractivity contribution in [1.29, 1.82) is 0 Å². The minimum Gasteiger partial charge on any atom is -0.458 e. The van der Waals surface area contributed by atoms with E-state index < -0.39 is 8.07 Å². The summed E-state index contributed by atoms with van der Waals surface area (Å²) in [7, 11) is -2.33. The molecular formula is C31H23BO2Si. The van der Waals surface area contributed by atoms with E-state index in [-0.39, 0.29) is 6.71 Å². The minimum absolute atomic E-state index is 0.102. The first-order valence-electron chi connectivity index (χ1n) is 12.1. The third kappa shape index (κ3) is 3.03. The van der Waals surface area contributed by atoms with Crippen molar-refractivity contribution in [3.8, 4) is 23.0 Å². The highest BCUT2D eigenvalue weighted by molar-refractivity contribution is 7.10. The molecule has 2 heterocycles. The van der Waals surface area contributed by atoms with E-state index in [1.54, 1.807) is 0 Å². The quantitative estimate of drug-likeness (QED) is 0.293. The Bertz CT molecular complexity index is 1460. The van der Waals surface area contributed by atoms with Gasteiger partial charge in [-0.2, -0.15) is 0 Å². The highest BCUT2D eigenvalue weighted by atomic mass is 28.3. The molecule has 0 N–H and O–H groups in total. The SMILES string of the molecule is C[Si](c1ccccc1)(c1ccccc1)c1cc2c3c(c1)Oc1ccccc1B3c1ccccc1O2. The number of para-hydroxylation sites is 2. The molecule has 0 aliphatic carbocycles. The molecular weight excluding hydrogens is 443 g/mol. The Morgan fingerprint density at radius 2 is 0.914 bits per heavy atom. The predicted octanol–water partition coefficient (Wildman–Crippen LogP) is 3.51. The Morgan fingerprint density at radius 1 is 0.486 bits per heavy atom. The number of rotatable bonds is 3. The maximum absolute atomic E-state index is 6.59. The molecule has 2 aliphatic heterocycles. The largest absolute Gasteiger partial charge is 0.458 e. The molecule has 0 amide bonds. The van der Waals surface area contributed by atoms with E-state index in [1.807, 2.05) is 12.1 Å². The van der Waals surface area contributed by atoms with Crippen LogP contribution in [-0.2, 0) is 0 Å². The van der Waals surface area contributed by atoms with Gasteiger partial charge in [0, 0.05) is 5.46 Å². The summed E-state index contributed by atoms with van der Waals surface area (Å²) in [5.41, 5.74) is 3.51. The van der Waals surface area contributed by atoms with Gasteiger partial charge in [0.25, 0.3) is 6.71 Å². The second kappa shape index (κ2) is 7.76. The van der Waals surface area contributed by atoms with Crippen LogP contribution in [0, 0.1) is 0 Å². The molecule has 0 saturated heterocycles.